The molecule has 2 aromatic rings. The van der Waals surface area contributed by atoms with E-state index in [0.29, 0.717) is 16.4 Å². The molecule has 8 nitrogen and oxygen atoms in total. The quantitative estimate of drug-likeness (QED) is 0.772. The number of nitrogens with one attached hydrogen (secondary N) is 2. The molecule has 0 aliphatic heterocycles. The fourth-order valence-corrected chi connectivity index (χ4v) is 1.64. The second-order valence-corrected chi connectivity index (χ2v) is 4.55. The van der Waals surface area contributed by atoms with Gasteiger partial charge < -0.3 is 15.7 Å². The van der Waals surface area contributed by atoms with Gasteiger partial charge in [-0.2, -0.15) is 0 Å². The molecule has 1 aromatic carbocycles. The summed E-state index contributed by atoms with van der Waals surface area (Å²) >= 11 is 5.74. The van der Waals surface area contributed by atoms with Crippen LogP contribution in [0.3, 0.4) is 0 Å². The molecule has 2 rings (SSSR count). The first-order valence-electron chi connectivity index (χ1n) is 5.94. The maximum Gasteiger partial charge on any atom is 0.325 e. The van der Waals surface area contributed by atoms with E-state index in [0.717, 1.165) is 0 Å². The number of aliphatic carboxylic acids is 1. The molecule has 0 aliphatic carbocycles. The highest BCUT2D eigenvalue weighted by Gasteiger charge is 2.06. The molecule has 0 atom stereocenters. The van der Waals surface area contributed by atoms with E-state index >= 15 is 0 Å². The highest BCUT2D eigenvalue weighted by Crippen LogP contribution is 2.13. The molecule has 0 fully saturated rings. The molecule has 0 saturated heterocycles. The van der Waals surface area contributed by atoms with Crippen molar-refractivity contribution in [3.8, 4) is 0 Å². The zero-order chi connectivity index (χ0) is 15.2. The molecule has 1 aromatic heterocycles. The normalized spacial score (nSPS) is 10.1. The van der Waals surface area contributed by atoms with Crippen molar-refractivity contribution in [3.05, 3.63) is 41.2 Å². The van der Waals surface area contributed by atoms with Crippen molar-refractivity contribution >= 4 is 29.3 Å². The molecule has 0 spiro atoms. The van der Waals surface area contributed by atoms with Crippen molar-refractivity contribution in [1.82, 2.24) is 20.3 Å². The number of anilines is 1. The van der Waals surface area contributed by atoms with Gasteiger partial charge >= 0.3 is 12.0 Å². The summed E-state index contributed by atoms with van der Waals surface area (Å²) in [5.41, 5.74) is 1.06. The Bertz CT molecular complexity index is 641. The van der Waals surface area contributed by atoms with Gasteiger partial charge in [-0.15, -0.1) is 5.10 Å². The van der Waals surface area contributed by atoms with Crippen molar-refractivity contribution in [2.75, 3.05) is 5.32 Å². The predicted molar refractivity (Wildman–Crippen MR) is 75.0 cm³/mol. The van der Waals surface area contributed by atoms with Crippen LogP contribution in [-0.2, 0) is 17.9 Å². The Morgan fingerprint density at radius 3 is 2.67 bits per heavy atom. The van der Waals surface area contributed by atoms with Crippen LogP contribution in [0.5, 0.6) is 0 Å². The molecule has 2 amide bonds. The second kappa shape index (κ2) is 6.71. The number of amides is 2. The van der Waals surface area contributed by atoms with Crippen molar-refractivity contribution in [2.45, 2.75) is 13.1 Å². The van der Waals surface area contributed by atoms with Gasteiger partial charge in [-0.25, -0.2) is 9.48 Å². The van der Waals surface area contributed by atoms with Gasteiger partial charge in [0.25, 0.3) is 0 Å². The highest BCUT2D eigenvalue weighted by molar-refractivity contribution is 6.30. The molecular weight excluding hydrogens is 298 g/mol. The number of aromatic nitrogens is 3. The number of urea groups is 1. The van der Waals surface area contributed by atoms with Crippen LogP contribution in [0.1, 0.15) is 5.69 Å². The number of halogens is 1. The van der Waals surface area contributed by atoms with Crippen molar-refractivity contribution in [2.24, 2.45) is 0 Å². The van der Waals surface area contributed by atoms with Crippen LogP contribution in [0.25, 0.3) is 0 Å². The third-order valence-corrected chi connectivity index (χ3v) is 2.67. The van der Waals surface area contributed by atoms with Gasteiger partial charge in [-0.05, 0) is 24.3 Å². The third kappa shape index (κ3) is 4.77. The Kier molecular flexibility index (Phi) is 4.72. The molecular formula is C12H12ClN5O3. The summed E-state index contributed by atoms with van der Waals surface area (Å²) in [5, 5.41) is 21.8. The lowest BCUT2D eigenvalue weighted by molar-refractivity contribution is -0.137. The second-order valence-electron chi connectivity index (χ2n) is 4.12. The fourth-order valence-electron chi connectivity index (χ4n) is 1.51. The maximum atomic E-state index is 11.7. The topological polar surface area (TPSA) is 109 Å². The van der Waals surface area contributed by atoms with Crippen LogP contribution in [0.4, 0.5) is 10.5 Å². The lowest BCUT2D eigenvalue weighted by atomic mass is 10.3. The lowest BCUT2D eigenvalue weighted by Crippen LogP contribution is -2.28. The van der Waals surface area contributed by atoms with Gasteiger partial charge in [0.2, 0.25) is 0 Å². The maximum absolute atomic E-state index is 11.7. The van der Waals surface area contributed by atoms with Crippen LogP contribution in [0.2, 0.25) is 5.02 Å². The Balaban J connectivity index is 1.82. The highest BCUT2D eigenvalue weighted by atomic mass is 35.5. The third-order valence-electron chi connectivity index (χ3n) is 2.42. The zero-order valence-electron chi connectivity index (χ0n) is 10.8. The van der Waals surface area contributed by atoms with Crippen molar-refractivity contribution in [1.29, 1.82) is 0 Å². The van der Waals surface area contributed by atoms with E-state index in [9.17, 15) is 9.59 Å². The van der Waals surface area contributed by atoms with Gasteiger partial charge in [-0.3, -0.25) is 4.79 Å². The molecule has 0 bridgehead atoms. The summed E-state index contributed by atoms with van der Waals surface area (Å²) < 4.78 is 1.18. The minimum absolute atomic E-state index is 0.138. The molecule has 1 heterocycles. The standard InChI is InChI=1S/C12H12ClN5O3/c13-8-1-3-9(4-2-8)15-12(21)14-5-10-6-18(17-16-10)7-11(19)20/h1-4,6H,5,7H2,(H,19,20)(H2,14,15,21). The number of benzene rings is 1. The first kappa shape index (κ1) is 14.8. The van der Waals surface area contributed by atoms with E-state index in [1.54, 1.807) is 24.3 Å². The Hall–Kier alpha value is -2.61. The van der Waals surface area contributed by atoms with E-state index in [-0.39, 0.29) is 13.1 Å². The lowest BCUT2D eigenvalue weighted by Gasteiger charge is -2.06. The smallest absolute Gasteiger partial charge is 0.325 e. The van der Waals surface area contributed by atoms with Crippen LogP contribution in [-0.4, -0.2) is 32.1 Å². The van der Waals surface area contributed by atoms with E-state index < -0.39 is 12.0 Å². The summed E-state index contributed by atoms with van der Waals surface area (Å²) in [4.78, 5) is 22.1. The molecule has 0 radical (unpaired) electrons. The molecule has 0 unspecified atom stereocenters. The molecule has 3 N–H and O–H groups in total. The number of carbonyl (C=O) groups excluding carboxylic acids is 1. The van der Waals surface area contributed by atoms with Crippen LogP contribution < -0.4 is 10.6 Å². The Morgan fingerprint density at radius 1 is 1.29 bits per heavy atom. The monoisotopic (exact) mass is 309 g/mol. The molecule has 110 valence electrons. The zero-order valence-corrected chi connectivity index (χ0v) is 11.5. The van der Waals surface area contributed by atoms with Gasteiger partial charge in [0.1, 0.15) is 12.2 Å². The SMILES string of the molecule is O=C(O)Cn1cc(CNC(=O)Nc2ccc(Cl)cc2)nn1. The number of hydrogen-bond acceptors (Lipinski definition) is 4. The van der Waals surface area contributed by atoms with Crippen LogP contribution in [0, 0.1) is 0 Å². The number of hydrogen-bond donors (Lipinski definition) is 3. The number of carboxylic acid groups (broad SMARTS) is 1. The fraction of sp³-hybridized carbons (Fsp3) is 0.167. The Labute approximate surface area is 124 Å². The van der Waals surface area contributed by atoms with E-state index in [2.05, 4.69) is 20.9 Å². The van der Waals surface area contributed by atoms with E-state index in [4.69, 9.17) is 16.7 Å². The van der Waals surface area contributed by atoms with Gasteiger partial charge in [0.05, 0.1) is 12.7 Å². The summed E-state index contributed by atoms with van der Waals surface area (Å²) in [7, 11) is 0. The number of carbonyl (C=O) groups is 2. The average Bonchev–Trinajstić information content (AvgIpc) is 2.86. The summed E-state index contributed by atoms with van der Waals surface area (Å²) in [5.74, 6) is -1.01. The molecule has 9 heteroatoms. The summed E-state index contributed by atoms with van der Waals surface area (Å²) in [6, 6.07) is 6.25. The summed E-state index contributed by atoms with van der Waals surface area (Å²) in [6.07, 6.45) is 1.46. The largest absolute Gasteiger partial charge is 0.480 e. The van der Waals surface area contributed by atoms with Crippen molar-refractivity contribution < 1.29 is 14.7 Å². The first-order chi connectivity index (χ1) is 10.0. The number of nitrogens with zero attached hydrogens (tertiary/aromatic N) is 3. The van der Waals surface area contributed by atoms with Crippen molar-refractivity contribution in [3.63, 3.8) is 0 Å². The number of carboxylic acids is 1. The van der Waals surface area contributed by atoms with Crippen LogP contribution >= 0.6 is 11.6 Å². The van der Waals surface area contributed by atoms with Gasteiger partial charge in [0.15, 0.2) is 0 Å². The Morgan fingerprint density at radius 2 is 2.00 bits per heavy atom. The average molecular weight is 310 g/mol. The summed E-state index contributed by atoms with van der Waals surface area (Å²) in [6.45, 7) is -0.136. The first-order valence-corrected chi connectivity index (χ1v) is 6.32. The van der Waals surface area contributed by atoms with E-state index in [1.807, 2.05) is 0 Å². The molecule has 0 aliphatic rings. The molecule has 0 saturated carbocycles. The van der Waals surface area contributed by atoms with E-state index in [1.165, 1.54) is 10.9 Å². The molecule has 21 heavy (non-hydrogen) atoms. The minimum Gasteiger partial charge on any atom is -0.480 e. The van der Waals surface area contributed by atoms with Crippen LogP contribution in [0.15, 0.2) is 30.5 Å². The van der Waals surface area contributed by atoms with Gasteiger partial charge in [-0.1, -0.05) is 16.8 Å². The minimum atomic E-state index is -1.01. The van der Waals surface area contributed by atoms with Gasteiger partial charge in [0, 0.05) is 10.7 Å². The predicted octanol–water partition coefficient (Wildman–Crippen LogP) is 1.34. The number of rotatable bonds is 5.